The van der Waals surface area contributed by atoms with E-state index in [0.29, 0.717) is 0 Å². The Morgan fingerprint density at radius 2 is 1.95 bits per heavy atom. The Bertz CT molecular complexity index is 621. The minimum absolute atomic E-state index is 0.0576. The van der Waals surface area contributed by atoms with Gasteiger partial charge in [-0.1, -0.05) is 36.7 Å². The van der Waals surface area contributed by atoms with Crippen LogP contribution in [0, 0.1) is 22.0 Å². The van der Waals surface area contributed by atoms with Crippen LogP contribution in [0.3, 0.4) is 0 Å². The monoisotopic (exact) mass is 365 g/mol. The largest absolute Gasteiger partial charge is 0.293 e. The maximum atomic E-state index is 12.9. The van der Waals surface area contributed by atoms with Crippen LogP contribution >= 0.6 is 15.9 Å². The van der Waals surface area contributed by atoms with Crippen molar-refractivity contribution < 1.29 is 9.72 Å². The van der Waals surface area contributed by atoms with Crippen molar-refractivity contribution in [3.8, 4) is 0 Å². The van der Waals surface area contributed by atoms with Crippen LogP contribution in [0.1, 0.15) is 39.2 Å². The zero-order valence-electron chi connectivity index (χ0n) is 13.0. The predicted molar refractivity (Wildman–Crippen MR) is 91.0 cm³/mol. The van der Waals surface area contributed by atoms with Crippen molar-refractivity contribution >= 4 is 33.5 Å². The number of hydrogen-bond donors (Lipinski definition) is 0. The summed E-state index contributed by atoms with van der Waals surface area (Å²) in [6.07, 6.45) is 3.66. The smallest absolute Gasteiger partial charge is 0.269 e. The molecule has 22 heavy (non-hydrogen) atoms. The molecule has 118 valence electrons. The third kappa shape index (κ3) is 3.14. The van der Waals surface area contributed by atoms with E-state index in [2.05, 4.69) is 22.9 Å². The van der Waals surface area contributed by atoms with Crippen molar-refractivity contribution in [2.45, 2.75) is 37.9 Å². The van der Waals surface area contributed by atoms with Crippen LogP contribution in [-0.4, -0.2) is 15.0 Å². The molecule has 0 aromatic heterocycles. The van der Waals surface area contributed by atoms with E-state index in [0.717, 1.165) is 24.0 Å². The van der Waals surface area contributed by atoms with E-state index in [1.54, 1.807) is 12.1 Å². The van der Waals surface area contributed by atoms with E-state index >= 15 is 0 Å². The summed E-state index contributed by atoms with van der Waals surface area (Å²) in [5.74, 6) is 0.555. The van der Waals surface area contributed by atoms with Crippen LogP contribution in [0.25, 0.3) is 6.08 Å². The molecule has 4 nitrogen and oxygen atoms in total. The second-order valence-corrected chi connectivity index (χ2v) is 7.65. The number of rotatable bonds is 3. The lowest BCUT2D eigenvalue weighted by Crippen LogP contribution is -2.43. The Morgan fingerprint density at radius 1 is 1.36 bits per heavy atom. The first-order valence-electron chi connectivity index (χ1n) is 7.45. The summed E-state index contributed by atoms with van der Waals surface area (Å²) in [6.45, 7) is 6.15. The van der Waals surface area contributed by atoms with Gasteiger partial charge in [-0.15, -0.1) is 0 Å². The summed E-state index contributed by atoms with van der Waals surface area (Å²) in [5, 5.41) is 10.7. The van der Waals surface area contributed by atoms with E-state index in [-0.39, 0.29) is 23.3 Å². The minimum Gasteiger partial charge on any atom is -0.293 e. The molecule has 0 N–H and O–H groups in total. The second kappa shape index (κ2) is 6.32. The Hall–Kier alpha value is -1.49. The second-order valence-electron chi connectivity index (χ2n) is 6.23. The van der Waals surface area contributed by atoms with Crippen molar-refractivity contribution in [1.29, 1.82) is 0 Å². The Labute approximate surface area is 138 Å². The third-order valence-corrected chi connectivity index (χ3v) is 6.13. The summed E-state index contributed by atoms with van der Waals surface area (Å²) < 4.78 is -0.494. The van der Waals surface area contributed by atoms with Crippen LogP contribution < -0.4 is 0 Å². The number of hydrogen-bond acceptors (Lipinski definition) is 3. The van der Waals surface area contributed by atoms with E-state index in [1.807, 2.05) is 19.9 Å². The normalized spacial score (nSPS) is 27.4. The molecule has 1 aliphatic carbocycles. The number of ketones is 1. The van der Waals surface area contributed by atoms with Crippen molar-refractivity contribution in [2.75, 3.05) is 0 Å². The molecule has 1 saturated carbocycles. The Kier molecular flexibility index (Phi) is 4.85. The molecular weight excluding hydrogens is 346 g/mol. The number of Topliss-reactive ketones (excluding diaryl/α,β-unsaturated/α-hetero) is 1. The molecule has 1 aliphatic rings. The van der Waals surface area contributed by atoms with E-state index < -0.39 is 9.25 Å². The van der Waals surface area contributed by atoms with Gasteiger partial charge in [0.25, 0.3) is 5.69 Å². The predicted octanol–water partition coefficient (Wildman–Crippen LogP) is 4.77. The SMILES string of the molecule is CC(C)[C@@]1(Br)CC[C@@H](C)/C(=C/c2ccc([N+](=O)[O-])cc2)C1=O. The van der Waals surface area contributed by atoms with Gasteiger partial charge < -0.3 is 0 Å². The van der Waals surface area contributed by atoms with Gasteiger partial charge in [-0.25, -0.2) is 0 Å². The number of non-ortho nitro benzene ring substituents is 1. The highest BCUT2D eigenvalue weighted by Gasteiger charge is 2.44. The van der Waals surface area contributed by atoms with E-state index in [1.165, 1.54) is 12.1 Å². The molecule has 0 spiro atoms. The number of nitro benzene ring substituents is 1. The highest BCUT2D eigenvalue weighted by atomic mass is 79.9. The first-order chi connectivity index (χ1) is 10.3. The quantitative estimate of drug-likeness (QED) is 0.335. The summed E-state index contributed by atoms with van der Waals surface area (Å²) in [7, 11) is 0. The number of nitro groups is 1. The van der Waals surface area contributed by atoms with E-state index in [4.69, 9.17) is 0 Å². The molecule has 5 heteroatoms. The fourth-order valence-corrected chi connectivity index (χ4v) is 3.25. The molecule has 1 aromatic rings. The zero-order valence-corrected chi connectivity index (χ0v) is 14.6. The lowest BCUT2D eigenvalue weighted by atomic mass is 9.73. The fraction of sp³-hybridized carbons (Fsp3) is 0.471. The van der Waals surface area contributed by atoms with E-state index in [9.17, 15) is 14.9 Å². The third-order valence-electron chi connectivity index (χ3n) is 4.45. The van der Waals surface area contributed by atoms with Gasteiger partial charge in [0.15, 0.2) is 5.78 Å². The number of allylic oxidation sites excluding steroid dienone is 1. The molecule has 0 bridgehead atoms. The van der Waals surface area contributed by atoms with Crippen molar-refractivity contribution in [3.05, 3.63) is 45.5 Å². The van der Waals surface area contributed by atoms with Crippen LogP contribution in [0.5, 0.6) is 0 Å². The van der Waals surface area contributed by atoms with Gasteiger partial charge in [0, 0.05) is 17.7 Å². The number of carbonyl (C=O) groups is 1. The number of nitrogens with zero attached hydrogens (tertiary/aromatic N) is 1. The topological polar surface area (TPSA) is 60.2 Å². The van der Waals surface area contributed by atoms with Gasteiger partial charge in [0.1, 0.15) is 0 Å². The molecule has 0 saturated heterocycles. The zero-order chi connectivity index (χ0) is 16.5. The van der Waals surface area contributed by atoms with Crippen molar-refractivity contribution in [3.63, 3.8) is 0 Å². The van der Waals surface area contributed by atoms with Crippen LogP contribution in [0.4, 0.5) is 5.69 Å². The first kappa shape index (κ1) is 16.9. The standard InChI is InChI=1S/C17H20BrNO3/c1-11(2)17(18)9-8-12(3)15(16(17)20)10-13-4-6-14(7-5-13)19(21)22/h4-7,10-12H,8-9H2,1-3H3/b15-10-/t12-,17+/m1/s1. The summed E-state index contributed by atoms with van der Waals surface area (Å²) >= 11 is 3.66. The van der Waals surface area contributed by atoms with Gasteiger partial charge in [-0.2, -0.15) is 0 Å². The van der Waals surface area contributed by atoms with Gasteiger partial charge in [0.2, 0.25) is 0 Å². The molecule has 0 heterocycles. The van der Waals surface area contributed by atoms with Gasteiger partial charge in [0.05, 0.1) is 9.25 Å². The molecule has 2 rings (SSSR count). The number of halogens is 1. The average Bonchev–Trinajstić information content (AvgIpc) is 2.48. The number of carbonyl (C=O) groups excluding carboxylic acids is 1. The first-order valence-corrected chi connectivity index (χ1v) is 8.24. The maximum absolute atomic E-state index is 12.9. The number of alkyl halides is 1. The lowest BCUT2D eigenvalue weighted by molar-refractivity contribution is -0.384. The van der Waals surface area contributed by atoms with Crippen LogP contribution in [0.2, 0.25) is 0 Å². The minimum atomic E-state index is -0.494. The van der Waals surface area contributed by atoms with Gasteiger partial charge in [-0.05, 0) is 48.4 Å². The molecule has 1 aromatic carbocycles. The molecule has 0 radical (unpaired) electrons. The lowest BCUT2D eigenvalue weighted by Gasteiger charge is -2.38. The van der Waals surface area contributed by atoms with Gasteiger partial charge in [-0.3, -0.25) is 14.9 Å². The van der Waals surface area contributed by atoms with Crippen molar-refractivity contribution in [1.82, 2.24) is 0 Å². The molecule has 0 unspecified atom stereocenters. The fourth-order valence-electron chi connectivity index (χ4n) is 2.79. The highest BCUT2D eigenvalue weighted by molar-refractivity contribution is 9.10. The van der Waals surface area contributed by atoms with Crippen LogP contribution in [-0.2, 0) is 4.79 Å². The molecule has 2 atom stereocenters. The summed E-state index contributed by atoms with van der Waals surface area (Å²) in [5.41, 5.74) is 1.68. The molecule has 0 amide bonds. The van der Waals surface area contributed by atoms with Gasteiger partial charge >= 0.3 is 0 Å². The van der Waals surface area contributed by atoms with Crippen LogP contribution in [0.15, 0.2) is 29.8 Å². The molecule has 1 fully saturated rings. The maximum Gasteiger partial charge on any atom is 0.269 e. The molecular formula is C17H20BrNO3. The average molecular weight is 366 g/mol. The highest BCUT2D eigenvalue weighted by Crippen LogP contribution is 2.44. The number of benzene rings is 1. The Balaban J connectivity index is 2.35. The Morgan fingerprint density at radius 3 is 2.45 bits per heavy atom. The summed E-state index contributed by atoms with van der Waals surface area (Å²) in [6, 6.07) is 6.30. The van der Waals surface area contributed by atoms with Crippen molar-refractivity contribution in [2.24, 2.45) is 11.8 Å². The molecule has 0 aliphatic heterocycles. The summed E-state index contributed by atoms with van der Waals surface area (Å²) in [4.78, 5) is 23.1.